The van der Waals surface area contributed by atoms with Crippen LogP contribution >= 0.6 is 24.0 Å². The topological polar surface area (TPSA) is 55.3 Å². The average molecular weight is 503 g/mol. The van der Waals surface area contributed by atoms with Crippen molar-refractivity contribution in [2.24, 2.45) is 10.4 Å². The zero-order valence-corrected chi connectivity index (χ0v) is 19.4. The third-order valence-electron chi connectivity index (χ3n) is 5.33. The highest BCUT2D eigenvalue weighted by atomic mass is 127. The molecule has 7 heteroatoms. The number of nitrogens with zero attached hydrogens (tertiary/aromatic N) is 2. The maximum Gasteiger partial charge on any atom is 0.194 e. The van der Waals surface area contributed by atoms with E-state index >= 15 is 0 Å². The van der Waals surface area contributed by atoms with Gasteiger partial charge in [0, 0.05) is 51.8 Å². The molecule has 0 saturated carbocycles. The summed E-state index contributed by atoms with van der Waals surface area (Å²) in [7, 11) is 1.71. The van der Waals surface area contributed by atoms with E-state index in [4.69, 9.17) is 19.2 Å². The predicted octanol–water partition coefficient (Wildman–Crippen LogP) is 3.30. The number of guanidine groups is 1. The molecule has 0 aromatic heterocycles. The second kappa shape index (κ2) is 11.8. The van der Waals surface area contributed by atoms with Crippen LogP contribution < -0.4 is 10.1 Å². The number of aliphatic imine (C=N–C) groups is 1. The number of rotatable bonds is 8. The quantitative estimate of drug-likeness (QED) is 0.256. The maximum atomic E-state index is 5.80. The fourth-order valence-electron chi connectivity index (χ4n) is 3.81. The van der Waals surface area contributed by atoms with Crippen LogP contribution in [0, 0.1) is 5.41 Å². The number of ether oxygens (including phenoxy) is 3. The van der Waals surface area contributed by atoms with Gasteiger partial charge in [0.1, 0.15) is 5.75 Å². The number of hydrogen-bond acceptors (Lipinski definition) is 4. The Labute approximate surface area is 186 Å². The standard InChI is InChI=1S/C21H33N3O3.HI/c1-3-22-20(24-10-8-21(16-24)9-13-26-17-21)23-15-18-6-4-7-19(14-18)27-12-5-11-25-2;/h4,6-7,14H,3,5,8-13,15-17H2,1-2H3,(H,22,23);1H. The largest absolute Gasteiger partial charge is 0.493 e. The molecule has 3 rings (SSSR count). The Kier molecular flexibility index (Phi) is 9.81. The molecule has 2 fully saturated rings. The van der Waals surface area contributed by atoms with Crippen LogP contribution in [0.25, 0.3) is 0 Å². The molecule has 2 saturated heterocycles. The van der Waals surface area contributed by atoms with Crippen LogP contribution in [0.1, 0.15) is 31.7 Å². The minimum atomic E-state index is 0. The second-order valence-corrected chi connectivity index (χ2v) is 7.49. The first-order valence-corrected chi connectivity index (χ1v) is 10.1. The van der Waals surface area contributed by atoms with Crippen molar-refractivity contribution >= 4 is 29.9 Å². The molecule has 1 unspecified atom stereocenters. The number of benzene rings is 1. The number of nitrogens with one attached hydrogen (secondary N) is 1. The van der Waals surface area contributed by atoms with E-state index in [2.05, 4.69) is 29.3 Å². The highest BCUT2D eigenvalue weighted by molar-refractivity contribution is 14.0. The van der Waals surface area contributed by atoms with E-state index < -0.39 is 0 Å². The summed E-state index contributed by atoms with van der Waals surface area (Å²) in [5.41, 5.74) is 1.50. The van der Waals surface area contributed by atoms with Gasteiger partial charge in [0.05, 0.1) is 19.8 Å². The van der Waals surface area contributed by atoms with E-state index in [0.717, 1.165) is 63.1 Å². The minimum absolute atomic E-state index is 0. The van der Waals surface area contributed by atoms with Gasteiger partial charge in [-0.2, -0.15) is 0 Å². The summed E-state index contributed by atoms with van der Waals surface area (Å²) in [5, 5.41) is 3.45. The van der Waals surface area contributed by atoms with E-state index in [-0.39, 0.29) is 24.0 Å². The summed E-state index contributed by atoms with van der Waals surface area (Å²) in [5.74, 6) is 1.90. The van der Waals surface area contributed by atoms with Crippen LogP contribution in [0.15, 0.2) is 29.3 Å². The molecule has 0 bridgehead atoms. The number of halogens is 1. The highest BCUT2D eigenvalue weighted by Gasteiger charge is 2.42. The Balaban J connectivity index is 0.00000280. The SMILES string of the molecule is CCNC(=NCc1cccc(OCCCOC)c1)N1CCC2(CCOC2)C1.I. The molecule has 2 aliphatic rings. The van der Waals surface area contributed by atoms with Gasteiger partial charge in [-0.05, 0) is 37.5 Å². The molecular formula is C21H34IN3O3. The molecule has 1 aromatic rings. The average Bonchev–Trinajstić information content (AvgIpc) is 3.33. The lowest BCUT2D eigenvalue weighted by Gasteiger charge is -2.25. The van der Waals surface area contributed by atoms with Crippen LogP contribution in [0.2, 0.25) is 0 Å². The Bertz CT molecular complexity index is 621. The van der Waals surface area contributed by atoms with Crippen molar-refractivity contribution in [1.82, 2.24) is 10.2 Å². The number of methoxy groups -OCH3 is 1. The summed E-state index contributed by atoms with van der Waals surface area (Å²) in [6, 6.07) is 8.21. The third kappa shape index (κ3) is 6.49. The molecule has 28 heavy (non-hydrogen) atoms. The Morgan fingerprint density at radius 2 is 2.21 bits per heavy atom. The highest BCUT2D eigenvalue weighted by Crippen LogP contribution is 2.38. The van der Waals surface area contributed by atoms with Crippen molar-refractivity contribution in [1.29, 1.82) is 0 Å². The molecule has 1 spiro atoms. The molecule has 158 valence electrons. The third-order valence-corrected chi connectivity index (χ3v) is 5.33. The van der Waals surface area contributed by atoms with E-state index in [1.807, 2.05) is 12.1 Å². The lowest BCUT2D eigenvalue weighted by molar-refractivity contribution is 0.156. The molecule has 1 aromatic carbocycles. The Morgan fingerprint density at radius 1 is 1.32 bits per heavy atom. The normalized spacial score (nSPS) is 21.8. The Morgan fingerprint density at radius 3 is 2.96 bits per heavy atom. The summed E-state index contributed by atoms with van der Waals surface area (Å²) < 4.78 is 16.5. The molecule has 2 heterocycles. The predicted molar refractivity (Wildman–Crippen MR) is 123 cm³/mol. The molecule has 0 radical (unpaired) electrons. The zero-order valence-electron chi connectivity index (χ0n) is 17.1. The van der Waals surface area contributed by atoms with Gasteiger partial charge in [-0.3, -0.25) is 0 Å². The maximum absolute atomic E-state index is 5.80. The monoisotopic (exact) mass is 503 g/mol. The van der Waals surface area contributed by atoms with Crippen molar-refractivity contribution in [3.63, 3.8) is 0 Å². The first-order chi connectivity index (χ1) is 13.2. The van der Waals surface area contributed by atoms with Gasteiger partial charge in [-0.1, -0.05) is 12.1 Å². The van der Waals surface area contributed by atoms with E-state index in [0.29, 0.717) is 18.6 Å². The van der Waals surface area contributed by atoms with Crippen molar-refractivity contribution in [3.8, 4) is 5.75 Å². The first kappa shape index (κ1) is 23.2. The van der Waals surface area contributed by atoms with E-state index in [9.17, 15) is 0 Å². The smallest absolute Gasteiger partial charge is 0.194 e. The second-order valence-electron chi connectivity index (χ2n) is 7.49. The number of likely N-dealkylation sites (tertiary alicyclic amines) is 1. The summed E-state index contributed by atoms with van der Waals surface area (Å²) in [4.78, 5) is 7.28. The van der Waals surface area contributed by atoms with Crippen LogP contribution in [0.5, 0.6) is 5.75 Å². The fourth-order valence-corrected chi connectivity index (χ4v) is 3.81. The van der Waals surface area contributed by atoms with Crippen molar-refractivity contribution in [3.05, 3.63) is 29.8 Å². The minimum Gasteiger partial charge on any atom is -0.493 e. The fraction of sp³-hybridized carbons (Fsp3) is 0.667. The van der Waals surface area contributed by atoms with Crippen LogP contribution in [0.4, 0.5) is 0 Å². The Hall–Kier alpha value is -1.06. The van der Waals surface area contributed by atoms with Crippen molar-refractivity contribution < 1.29 is 14.2 Å². The summed E-state index contributed by atoms with van der Waals surface area (Å²) in [6.07, 6.45) is 3.26. The van der Waals surface area contributed by atoms with Crippen LogP contribution in [0.3, 0.4) is 0 Å². The summed E-state index contributed by atoms with van der Waals surface area (Å²) >= 11 is 0. The number of hydrogen-bond donors (Lipinski definition) is 1. The van der Waals surface area contributed by atoms with Crippen LogP contribution in [-0.4, -0.2) is 64.0 Å². The van der Waals surface area contributed by atoms with Gasteiger partial charge < -0.3 is 24.4 Å². The van der Waals surface area contributed by atoms with Crippen molar-refractivity contribution in [2.45, 2.75) is 32.7 Å². The van der Waals surface area contributed by atoms with Gasteiger partial charge >= 0.3 is 0 Å². The van der Waals surface area contributed by atoms with Gasteiger partial charge in [0.2, 0.25) is 0 Å². The van der Waals surface area contributed by atoms with E-state index in [1.54, 1.807) is 7.11 Å². The van der Waals surface area contributed by atoms with E-state index in [1.165, 1.54) is 12.8 Å². The molecule has 2 aliphatic heterocycles. The summed E-state index contributed by atoms with van der Waals surface area (Å²) in [6.45, 7) is 8.93. The molecule has 1 N–H and O–H groups in total. The lowest BCUT2D eigenvalue weighted by atomic mass is 9.87. The van der Waals surface area contributed by atoms with Gasteiger partial charge in [0.15, 0.2) is 5.96 Å². The zero-order chi connectivity index (χ0) is 19.0. The van der Waals surface area contributed by atoms with Gasteiger partial charge in [0.25, 0.3) is 0 Å². The first-order valence-electron chi connectivity index (χ1n) is 10.1. The molecule has 1 atom stereocenters. The van der Waals surface area contributed by atoms with Gasteiger partial charge in [-0.15, -0.1) is 24.0 Å². The molecule has 0 aliphatic carbocycles. The van der Waals surface area contributed by atoms with Crippen molar-refractivity contribution in [2.75, 3.05) is 53.2 Å². The van der Waals surface area contributed by atoms with Gasteiger partial charge in [-0.25, -0.2) is 4.99 Å². The van der Waals surface area contributed by atoms with Crippen LogP contribution in [-0.2, 0) is 16.0 Å². The molecule has 0 amide bonds. The lowest BCUT2D eigenvalue weighted by Crippen LogP contribution is -2.41. The molecular weight excluding hydrogens is 469 g/mol. The molecule has 6 nitrogen and oxygen atoms in total.